The number of carbonyl (C=O) groups excluding carboxylic acids is 3. The molecule has 0 aliphatic carbocycles. The third-order valence-corrected chi connectivity index (χ3v) is 3.86. The van der Waals surface area contributed by atoms with Gasteiger partial charge in [0.1, 0.15) is 0 Å². The van der Waals surface area contributed by atoms with Crippen LogP contribution in [0.15, 0.2) is 48.8 Å². The normalized spacial score (nSPS) is 10.1. The number of pyridine rings is 1. The molecule has 0 aliphatic heterocycles. The zero-order valence-corrected chi connectivity index (χ0v) is 14.8. The highest BCUT2D eigenvalue weighted by Gasteiger charge is 2.22. The number of likely N-dealkylation sites (N-methyl/N-ethyl adjacent to an activating group) is 1. The Morgan fingerprint density at radius 1 is 1.12 bits per heavy atom. The summed E-state index contributed by atoms with van der Waals surface area (Å²) < 4.78 is 4.68. The maximum absolute atomic E-state index is 12.4. The molecule has 2 amide bonds. The van der Waals surface area contributed by atoms with Crippen molar-refractivity contribution >= 4 is 23.5 Å². The largest absolute Gasteiger partial charge is 0.465 e. The predicted octanol–water partition coefficient (Wildman–Crippen LogP) is 1.90. The Kier molecular flexibility index (Phi) is 6.84. The van der Waals surface area contributed by atoms with E-state index >= 15 is 0 Å². The maximum Gasteiger partial charge on any atom is 0.339 e. The van der Waals surface area contributed by atoms with Crippen LogP contribution in [0.4, 0.5) is 5.69 Å². The molecule has 1 N–H and O–H groups in total. The smallest absolute Gasteiger partial charge is 0.339 e. The van der Waals surface area contributed by atoms with Crippen LogP contribution in [0.2, 0.25) is 0 Å². The van der Waals surface area contributed by atoms with Gasteiger partial charge >= 0.3 is 17.8 Å². The second kappa shape index (κ2) is 9.31. The standard InChI is InChI=1S/C19H21N3O4/c1-3-22(13-10-14-8-11-20-12-9-14)18(24)17(23)21-16-7-5-4-6-15(16)19(25)26-2/h4-9,11-12H,3,10,13H2,1-2H3,(H,21,23). The lowest BCUT2D eigenvalue weighted by atomic mass is 10.1. The van der Waals surface area contributed by atoms with E-state index in [9.17, 15) is 14.4 Å². The zero-order chi connectivity index (χ0) is 18.9. The van der Waals surface area contributed by atoms with E-state index in [2.05, 4.69) is 15.0 Å². The van der Waals surface area contributed by atoms with Gasteiger partial charge in [-0.3, -0.25) is 14.6 Å². The van der Waals surface area contributed by atoms with Crippen molar-refractivity contribution in [1.82, 2.24) is 9.88 Å². The van der Waals surface area contributed by atoms with Crippen molar-refractivity contribution in [2.45, 2.75) is 13.3 Å². The molecule has 26 heavy (non-hydrogen) atoms. The number of nitrogens with one attached hydrogen (secondary N) is 1. The molecule has 0 unspecified atom stereocenters. The van der Waals surface area contributed by atoms with Crippen LogP contribution in [0, 0.1) is 0 Å². The number of aromatic nitrogens is 1. The average Bonchev–Trinajstić information content (AvgIpc) is 2.68. The number of para-hydroxylation sites is 1. The molecule has 0 saturated heterocycles. The summed E-state index contributed by atoms with van der Waals surface area (Å²) in [5.41, 5.74) is 1.46. The van der Waals surface area contributed by atoms with Gasteiger partial charge in [-0.2, -0.15) is 0 Å². The van der Waals surface area contributed by atoms with Gasteiger partial charge in [0.15, 0.2) is 0 Å². The van der Waals surface area contributed by atoms with E-state index in [4.69, 9.17) is 0 Å². The summed E-state index contributed by atoms with van der Waals surface area (Å²) in [4.78, 5) is 41.9. The van der Waals surface area contributed by atoms with Crippen molar-refractivity contribution < 1.29 is 19.1 Å². The highest BCUT2D eigenvalue weighted by atomic mass is 16.5. The number of anilines is 1. The van der Waals surface area contributed by atoms with Gasteiger partial charge in [0.05, 0.1) is 18.4 Å². The van der Waals surface area contributed by atoms with Gasteiger partial charge in [-0.1, -0.05) is 12.1 Å². The van der Waals surface area contributed by atoms with E-state index in [1.54, 1.807) is 37.5 Å². The molecular formula is C19H21N3O4. The van der Waals surface area contributed by atoms with Gasteiger partial charge in [0, 0.05) is 25.5 Å². The van der Waals surface area contributed by atoms with Gasteiger partial charge < -0.3 is 15.0 Å². The first kappa shape index (κ1) is 19.1. The third kappa shape index (κ3) is 4.89. The zero-order valence-electron chi connectivity index (χ0n) is 14.8. The molecular weight excluding hydrogens is 334 g/mol. The number of hydrogen-bond acceptors (Lipinski definition) is 5. The first-order valence-electron chi connectivity index (χ1n) is 8.23. The molecule has 1 aromatic heterocycles. The minimum absolute atomic E-state index is 0.191. The molecule has 136 valence electrons. The maximum atomic E-state index is 12.4. The van der Waals surface area contributed by atoms with E-state index in [1.807, 2.05) is 12.1 Å². The Balaban J connectivity index is 2.03. The van der Waals surface area contributed by atoms with Crippen molar-refractivity contribution in [2.24, 2.45) is 0 Å². The molecule has 7 heteroatoms. The molecule has 0 spiro atoms. The molecule has 0 bridgehead atoms. The summed E-state index contributed by atoms with van der Waals surface area (Å²) in [6.07, 6.45) is 3.99. The summed E-state index contributed by atoms with van der Waals surface area (Å²) in [5, 5.41) is 2.50. The Morgan fingerprint density at radius 2 is 1.81 bits per heavy atom. The molecule has 1 aromatic carbocycles. The Labute approximate surface area is 152 Å². The second-order valence-electron chi connectivity index (χ2n) is 5.48. The van der Waals surface area contributed by atoms with Crippen molar-refractivity contribution in [3.05, 3.63) is 59.9 Å². The van der Waals surface area contributed by atoms with Crippen molar-refractivity contribution in [3.8, 4) is 0 Å². The summed E-state index contributed by atoms with van der Waals surface area (Å²) in [6.45, 7) is 2.61. The lowest BCUT2D eigenvalue weighted by Crippen LogP contribution is -2.40. The predicted molar refractivity (Wildman–Crippen MR) is 96.6 cm³/mol. The van der Waals surface area contributed by atoms with Crippen LogP contribution in [0.3, 0.4) is 0 Å². The SMILES string of the molecule is CCN(CCc1ccncc1)C(=O)C(=O)Nc1ccccc1C(=O)OC. The molecule has 2 rings (SSSR count). The Bertz CT molecular complexity index is 777. The van der Waals surface area contributed by atoms with Gasteiger partial charge in [-0.25, -0.2) is 4.79 Å². The molecule has 0 saturated carbocycles. The van der Waals surface area contributed by atoms with E-state index in [1.165, 1.54) is 18.1 Å². The van der Waals surface area contributed by atoms with Gasteiger partial charge in [-0.15, -0.1) is 0 Å². The summed E-state index contributed by atoms with van der Waals surface area (Å²) >= 11 is 0. The molecule has 0 atom stereocenters. The topological polar surface area (TPSA) is 88.6 Å². The number of benzene rings is 1. The number of esters is 1. The second-order valence-corrected chi connectivity index (χ2v) is 5.48. The van der Waals surface area contributed by atoms with Crippen LogP contribution in [0.5, 0.6) is 0 Å². The van der Waals surface area contributed by atoms with Crippen molar-refractivity contribution in [1.29, 1.82) is 0 Å². The fourth-order valence-corrected chi connectivity index (χ4v) is 2.42. The lowest BCUT2D eigenvalue weighted by molar-refractivity contribution is -0.143. The molecule has 1 heterocycles. The minimum atomic E-state index is -0.794. The highest BCUT2D eigenvalue weighted by molar-refractivity contribution is 6.39. The summed E-state index contributed by atoms with van der Waals surface area (Å²) in [7, 11) is 1.25. The Hall–Kier alpha value is -3.22. The number of ether oxygens (including phenoxy) is 1. The van der Waals surface area contributed by atoms with Crippen LogP contribution in [0.25, 0.3) is 0 Å². The number of rotatable bonds is 6. The number of carbonyl (C=O) groups is 3. The van der Waals surface area contributed by atoms with Crippen LogP contribution < -0.4 is 5.32 Å². The van der Waals surface area contributed by atoms with Crippen LogP contribution in [0.1, 0.15) is 22.8 Å². The molecule has 0 fully saturated rings. The van der Waals surface area contributed by atoms with Crippen LogP contribution >= 0.6 is 0 Å². The monoisotopic (exact) mass is 355 g/mol. The molecule has 2 aromatic rings. The first-order chi connectivity index (χ1) is 12.6. The van der Waals surface area contributed by atoms with Gasteiger partial charge in [0.2, 0.25) is 0 Å². The van der Waals surface area contributed by atoms with Crippen molar-refractivity contribution in [3.63, 3.8) is 0 Å². The van der Waals surface area contributed by atoms with Gasteiger partial charge in [-0.05, 0) is 43.2 Å². The molecule has 0 radical (unpaired) electrons. The number of nitrogens with zero attached hydrogens (tertiary/aromatic N) is 2. The number of hydrogen-bond donors (Lipinski definition) is 1. The highest BCUT2D eigenvalue weighted by Crippen LogP contribution is 2.16. The van der Waals surface area contributed by atoms with Crippen LogP contribution in [-0.2, 0) is 20.7 Å². The summed E-state index contributed by atoms with van der Waals surface area (Å²) in [5.74, 6) is -2.03. The van der Waals surface area contributed by atoms with E-state index in [0.717, 1.165) is 5.56 Å². The van der Waals surface area contributed by atoms with Crippen molar-refractivity contribution in [2.75, 3.05) is 25.5 Å². The van der Waals surface area contributed by atoms with Crippen LogP contribution in [-0.4, -0.2) is 47.9 Å². The molecule has 0 aliphatic rings. The molecule has 7 nitrogen and oxygen atoms in total. The third-order valence-electron chi connectivity index (χ3n) is 3.86. The fourth-order valence-electron chi connectivity index (χ4n) is 2.42. The Morgan fingerprint density at radius 3 is 2.46 bits per heavy atom. The fraction of sp³-hybridized carbons (Fsp3) is 0.263. The minimum Gasteiger partial charge on any atom is -0.465 e. The quantitative estimate of drug-likeness (QED) is 0.631. The summed E-state index contributed by atoms with van der Waals surface area (Å²) in [6, 6.07) is 10.1. The van der Waals surface area contributed by atoms with E-state index in [-0.39, 0.29) is 11.3 Å². The van der Waals surface area contributed by atoms with E-state index in [0.29, 0.717) is 19.5 Å². The lowest BCUT2D eigenvalue weighted by Gasteiger charge is -2.20. The van der Waals surface area contributed by atoms with Gasteiger partial charge in [0.25, 0.3) is 0 Å². The van der Waals surface area contributed by atoms with E-state index < -0.39 is 17.8 Å². The number of methoxy groups -OCH3 is 1. The first-order valence-corrected chi connectivity index (χ1v) is 8.23. The number of amides is 2. The average molecular weight is 355 g/mol.